The Bertz CT molecular complexity index is 873. The van der Waals surface area contributed by atoms with Crippen molar-refractivity contribution in [3.8, 4) is 5.75 Å². The van der Waals surface area contributed by atoms with Crippen LogP contribution in [-0.4, -0.2) is 36.5 Å². The van der Waals surface area contributed by atoms with Crippen LogP contribution in [0.3, 0.4) is 0 Å². The molecule has 2 aromatic heterocycles. The number of aryl methyl sites for hydroxylation is 1. The summed E-state index contributed by atoms with van der Waals surface area (Å²) in [6.07, 6.45) is 2.44. The van der Waals surface area contributed by atoms with E-state index in [1.165, 1.54) is 12.1 Å². The predicted octanol–water partition coefficient (Wildman–Crippen LogP) is 1.60. The minimum Gasteiger partial charge on any atom is -0.508 e. The molecule has 124 valence electrons. The zero-order valence-electron chi connectivity index (χ0n) is 13.3. The molecule has 24 heavy (non-hydrogen) atoms. The van der Waals surface area contributed by atoms with Gasteiger partial charge in [-0.05, 0) is 37.6 Å². The minimum absolute atomic E-state index is 0.122. The molecule has 2 atom stereocenters. The van der Waals surface area contributed by atoms with E-state index < -0.39 is 12.1 Å². The van der Waals surface area contributed by atoms with Crippen molar-refractivity contribution in [1.29, 1.82) is 0 Å². The van der Waals surface area contributed by atoms with Gasteiger partial charge in [0, 0.05) is 12.4 Å². The number of rotatable bonds is 4. The first-order valence-corrected chi connectivity index (χ1v) is 7.55. The second-order valence-electron chi connectivity index (χ2n) is 5.63. The Labute approximate surface area is 138 Å². The molecule has 3 aromatic rings. The molecule has 0 aliphatic carbocycles. The van der Waals surface area contributed by atoms with Gasteiger partial charge in [0.15, 0.2) is 0 Å². The Morgan fingerprint density at radius 2 is 2.00 bits per heavy atom. The molecule has 3 rings (SSSR count). The minimum atomic E-state index is -0.896. The van der Waals surface area contributed by atoms with E-state index in [9.17, 15) is 15.0 Å². The summed E-state index contributed by atoms with van der Waals surface area (Å²) < 4.78 is 1.62. The van der Waals surface area contributed by atoms with E-state index in [-0.39, 0.29) is 11.7 Å². The highest BCUT2D eigenvalue weighted by molar-refractivity contribution is 5.94. The van der Waals surface area contributed by atoms with Crippen LogP contribution < -0.4 is 5.32 Å². The van der Waals surface area contributed by atoms with Gasteiger partial charge in [-0.2, -0.15) is 0 Å². The molecule has 0 aliphatic heterocycles. The fraction of sp³-hybridized carbons (Fsp3) is 0.235. The van der Waals surface area contributed by atoms with E-state index >= 15 is 0 Å². The van der Waals surface area contributed by atoms with Crippen molar-refractivity contribution in [2.45, 2.75) is 26.0 Å². The van der Waals surface area contributed by atoms with Gasteiger partial charge in [0.1, 0.15) is 11.4 Å². The fourth-order valence-corrected chi connectivity index (χ4v) is 2.59. The summed E-state index contributed by atoms with van der Waals surface area (Å²) in [6.45, 7) is 3.46. The lowest BCUT2D eigenvalue weighted by molar-refractivity contribution is 0.0845. The van der Waals surface area contributed by atoms with Gasteiger partial charge in [-0.3, -0.25) is 9.20 Å². The van der Waals surface area contributed by atoms with Crippen molar-refractivity contribution >= 4 is 11.7 Å². The van der Waals surface area contributed by atoms with E-state index in [2.05, 4.69) is 15.3 Å². The Morgan fingerprint density at radius 3 is 2.71 bits per heavy atom. The van der Waals surface area contributed by atoms with Crippen molar-refractivity contribution in [1.82, 2.24) is 19.7 Å². The van der Waals surface area contributed by atoms with Crippen LogP contribution in [0.5, 0.6) is 5.75 Å². The quantitative estimate of drug-likeness (QED) is 0.676. The monoisotopic (exact) mass is 326 g/mol. The van der Waals surface area contributed by atoms with Crippen LogP contribution in [0, 0.1) is 6.92 Å². The third kappa shape index (κ3) is 2.93. The first-order valence-electron chi connectivity index (χ1n) is 7.55. The van der Waals surface area contributed by atoms with Gasteiger partial charge in [0.05, 0.1) is 17.8 Å². The topological polar surface area (TPSA) is 99.8 Å². The van der Waals surface area contributed by atoms with Crippen molar-refractivity contribution < 1.29 is 15.0 Å². The summed E-state index contributed by atoms with van der Waals surface area (Å²) in [6, 6.07) is 7.42. The Balaban J connectivity index is 1.80. The maximum absolute atomic E-state index is 12.6. The van der Waals surface area contributed by atoms with Crippen LogP contribution in [0.2, 0.25) is 0 Å². The van der Waals surface area contributed by atoms with Crippen molar-refractivity contribution in [2.75, 3.05) is 0 Å². The summed E-state index contributed by atoms with van der Waals surface area (Å²) in [5.41, 5.74) is 1.57. The third-order valence-corrected chi connectivity index (χ3v) is 3.86. The fourth-order valence-electron chi connectivity index (χ4n) is 2.59. The molecule has 0 unspecified atom stereocenters. The highest BCUT2D eigenvalue weighted by Gasteiger charge is 2.23. The smallest absolute Gasteiger partial charge is 0.270 e. The van der Waals surface area contributed by atoms with Gasteiger partial charge < -0.3 is 15.5 Å². The molecular weight excluding hydrogens is 308 g/mol. The van der Waals surface area contributed by atoms with Gasteiger partial charge in [0.2, 0.25) is 5.78 Å². The molecule has 7 nitrogen and oxygen atoms in total. The molecule has 7 heteroatoms. The number of carbonyl (C=O) groups is 1. The molecule has 1 amide bonds. The number of aromatic nitrogens is 3. The molecule has 1 aromatic carbocycles. The Hall–Kier alpha value is -2.93. The first kappa shape index (κ1) is 15.9. The zero-order chi connectivity index (χ0) is 17.3. The SMILES string of the molecule is Cc1nc2ncccn2c1C(=O)N[C@H](C)[C@@H](O)c1ccc(O)cc1. The van der Waals surface area contributed by atoms with Crippen LogP contribution in [-0.2, 0) is 0 Å². The van der Waals surface area contributed by atoms with Gasteiger partial charge in [-0.15, -0.1) is 0 Å². The number of aliphatic hydroxyl groups is 1. The van der Waals surface area contributed by atoms with Crippen molar-refractivity contribution in [2.24, 2.45) is 0 Å². The lowest BCUT2D eigenvalue weighted by Gasteiger charge is -2.20. The average Bonchev–Trinajstić information content (AvgIpc) is 2.90. The van der Waals surface area contributed by atoms with E-state index in [4.69, 9.17) is 0 Å². The number of aromatic hydroxyl groups is 1. The lowest BCUT2D eigenvalue weighted by Crippen LogP contribution is -2.37. The van der Waals surface area contributed by atoms with Crippen molar-refractivity contribution in [3.63, 3.8) is 0 Å². The van der Waals surface area contributed by atoms with Gasteiger partial charge in [0.25, 0.3) is 5.91 Å². The Morgan fingerprint density at radius 1 is 1.29 bits per heavy atom. The Kier molecular flexibility index (Phi) is 4.18. The molecule has 0 spiro atoms. The molecule has 0 aliphatic rings. The summed E-state index contributed by atoms with van der Waals surface area (Å²) in [5.74, 6) is 0.238. The van der Waals surface area contributed by atoms with Gasteiger partial charge in [-0.1, -0.05) is 12.1 Å². The molecule has 0 saturated carbocycles. The first-order chi connectivity index (χ1) is 11.5. The third-order valence-electron chi connectivity index (χ3n) is 3.86. The van der Waals surface area contributed by atoms with Crippen LogP contribution in [0.15, 0.2) is 42.7 Å². The molecule has 0 saturated heterocycles. The van der Waals surface area contributed by atoms with E-state index in [0.29, 0.717) is 22.7 Å². The predicted molar refractivity (Wildman–Crippen MR) is 87.7 cm³/mol. The number of imidazole rings is 1. The number of phenolic OH excluding ortho intramolecular Hbond substituents is 1. The van der Waals surface area contributed by atoms with Gasteiger partial charge in [-0.25, -0.2) is 9.97 Å². The molecular formula is C17H18N4O3. The van der Waals surface area contributed by atoms with E-state index in [1.54, 1.807) is 48.8 Å². The number of fused-ring (bicyclic) bond motifs is 1. The van der Waals surface area contributed by atoms with Crippen LogP contribution in [0.25, 0.3) is 5.78 Å². The molecule has 2 heterocycles. The number of nitrogens with one attached hydrogen (secondary N) is 1. The standard InChI is InChI=1S/C17H18N4O3/c1-10-14(21-9-3-8-18-17(21)20-10)16(24)19-11(2)15(23)12-4-6-13(22)7-5-12/h3-9,11,15,22-23H,1-2H3,(H,19,24)/t11-,15-/m1/s1. The number of nitrogens with zero attached hydrogens (tertiary/aromatic N) is 3. The lowest BCUT2D eigenvalue weighted by atomic mass is 10.0. The number of carbonyl (C=O) groups excluding carboxylic acids is 1. The number of phenols is 1. The number of amides is 1. The summed E-state index contributed by atoms with van der Waals surface area (Å²) in [7, 11) is 0. The van der Waals surface area contributed by atoms with E-state index in [0.717, 1.165) is 0 Å². The zero-order valence-corrected chi connectivity index (χ0v) is 13.3. The number of aliphatic hydroxyl groups excluding tert-OH is 1. The normalized spacial score (nSPS) is 13.6. The molecule has 0 radical (unpaired) electrons. The maximum atomic E-state index is 12.6. The van der Waals surface area contributed by atoms with E-state index in [1.807, 2.05) is 0 Å². The largest absolute Gasteiger partial charge is 0.508 e. The molecule has 0 bridgehead atoms. The summed E-state index contributed by atoms with van der Waals surface area (Å²) in [5, 5.41) is 22.5. The van der Waals surface area contributed by atoms with Crippen LogP contribution >= 0.6 is 0 Å². The van der Waals surface area contributed by atoms with Crippen molar-refractivity contribution in [3.05, 3.63) is 59.7 Å². The maximum Gasteiger partial charge on any atom is 0.270 e. The number of benzene rings is 1. The summed E-state index contributed by atoms with van der Waals surface area (Å²) in [4.78, 5) is 21.0. The summed E-state index contributed by atoms with van der Waals surface area (Å²) >= 11 is 0. The van der Waals surface area contributed by atoms with Crippen LogP contribution in [0.4, 0.5) is 0 Å². The molecule has 3 N–H and O–H groups in total. The highest BCUT2D eigenvalue weighted by Crippen LogP contribution is 2.20. The second kappa shape index (κ2) is 6.29. The number of hydrogen-bond acceptors (Lipinski definition) is 5. The second-order valence-corrected chi connectivity index (χ2v) is 5.63. The molecule has 0 fully saturated rings. The number of hydrogen-bond donors (Lipinski definition) is 3. The van der Waals surface area contributed by atoms with Gasteiger partial charge >= 0.3 is 0 Å². The van der Waals surface area contributed by atoms with Crippen LogP contribution in [0.1, 0.15) is 34.8 Å². The highest BCUT2D eigenvalue weighted by atomic mass is 16.3. The average molecular weight is 326 g/mol.